The lowest BCUT2D eigenvalue weighted by atomic mass is 10.2. The molecular weight excluding hydrogens is 363 g/mol. The molecule has 27 heavy (non-hydrogen) atoms. The molecule has 1 heterocycles. The molecule has 0 radical (unpaired) electrons. The van der Waals surface area contributed by atoms with Gasteiger partial charge in [0.05, 0.1) is 11.3 Å². The molecule has 0 aliphatic heterocycles. The van der Waals surface area contributed by atoms with Crippen LogP contribution in [0.1, 0.15) is 5.56 Å². The summed E-state index contributed by atoms with van der Waals surface area (Å²) in [7, 11) is 0. The maximum Gasteiger partial charge on any atom is 0.230 e. The van der Waals surface area contributed by atoms with Crippen molar-refractivity contribution in [1.82, 2.24) is 4.98 Å². The van der Waals surface area contributed by atoms with Crippen LogP contribution in [0.5, 0.6) is 0 Å². The first-order valence-corrected chi connectivity index (χ1v) is 8.69. The van der Waals surface area contributed by atoms with Crippen LogP contribution in [0.4, 0.5) is 10.1 Å². The van der Waals surface area contributed by atoms with E-state index in [2.05, 4.69) is 9.98 Å². The minimum Gasteiger partial charge on any atom is -0.436 e. The lowest BCUT2D eigenvalue weighted by Crippen LogP contribution is -1.82. The summed E-state index contributed by atoms with van der Waals surface area (Å²) in [5.41, 5.74) is 3.19. The van der Waals surface area contributed by atoms with E-state index in [0.29, 0.717) is 21.7 Å². The minimum absolute atomic E-state index is 0.253. The lowest BCUT2D eigenvalue weighted by Gasteiger charge is -1.95. The summed E-state index contributed by atoms with van der Waals surface area (Å²) in [5.74, 6) is -0.116. The number of hydrogen-bond acceptors (Lipinski definition) is 3. The zero-order chi connectivity index (χ0) is 18.6. The van der Waals surface area contributed by atoms with Crippen molar-refractivity contribution in [1.29, 1.82) is 0 Å². The maximum atomic E-state index is 13.9. The minimum atomic E-state index is -0.369. The number of benzene rings is 3. The molecule has 5 heteroatoms. The second-order valence-electron chi connectivity index (χ2n) is 5.81. The Kier molecular flexibility index (Phi) is 4.81. The number of aromatic nitrogens is 1. The second-order valence-corrected chi connectivity index (χ2v) is 6.22. The molecule has 4 rings (SSSR count). The van der Waals surface area contributed by atoms with Crippen LogP contribution in [0.25, 0.3) is 28.6 Å². The first-order valence-electron chi connectivity index (χ1n) is 8.31. The Morgan fingerprint density at radius 2 is 1.81 bits per heavy atom. The van der Waals surface area contributed by atoms with Gasteiger partial charge in [0.2, 0.25) is 5.89 Å². The molecule has 0 spiro atoms. The van der Waals surface area contributed by atoms with E-state index in [9.17, 15) is 4.39 Å². The van der Waals surface area contributed by atoms with E-state index >= 15 is 0 Å². The van der Waals surface area contributed by atoms with Gasteiger partial charge in [0.1, 0.15) is 11.3 Å². The standard InChI is InChI=1S/C22H14ClFN2O/c23-18-9-3-1-6-15(18)7-5-13-25-16-11-12-21-20(14-16)26-22(27-21)17-8-2-4-10-19(17)24/h1-14H/b7-5+,25-13?. The van der Waals surface area contributed by atoms with Gasteiger partial charge >= 0.3 is 0 Å². The molecule has 0 atom stereocenters. The van der Waals surface area contributed by atoms with Crippen LogP contribution < -0.4 is 0 Å². The first kappa shape index (κ1) is 17.2. The number of rotatable bonds is 4. The monoisotopic (exact) mass is 376 g/mol. The molecule has 4 aromatic rings. The molecule has 1 aromatic heterocycles. The highest BCUT2D eigenvalue weighted by molar-refractivity contribution is 6.32. The van der Waals surface area contributed by atoms with E-state index in [-0.39, 0.29) is 11.7 Å². The zero-order valence-electron chi connectivity index (χ0n) is 14.1. The van der Waals surface area contributed by atoms with Crippen LogP contribution in [0.3, 0.4) is 0 Å². The molecule has 0 amide bonds. The van der Waals surface area contributed by atoms with Crippen molar-refractivity contribution in [2.45, 2.75) is 0 Å². The molecular formula is C22H14ClFN2O. The summed E-state index contributed by atoms with van der Waals surface area (Å²) in [6.45, 7) is 0. The first-order chi connectivity index (χ1) is 13.2. The molecule has 3 aromatic carbocycles. The molecule has 0 fully saturated rings. The summed E-state index contributed by atoms with van der Waals surface area (Å²) < 4.78 is 19.6. The van der Waals surface area contributed by atoms with Crippen LogP contribution in [-0.2, 0) is 0 Å². The van der Waals surface area contributed by atoms with Gasteiger partial charge in [0, 0.05) is 11.2 Å². The SMILES string of the molecule is Fc1ccccc1-c1nc2cc(N=C/C=C/c3ccccc3Cl)ccc2o1. The Balaban J connectivity index is 1.57. The Labute approximate surface area is 160 Å². The van der Waals surface area contributed by atoms with Crippen molar-refractivity contribution in [3.8, 4) is 11.5 Å². The van der Waals surface area contributed by atoms with Gasteiger partial charge in [-0.1, -0.05) is 48.0 Å². The summed E-state index contributed by atoms with van der Waals surface area (Å²) in [6, 6.07) is 19.4. The third kappa shape index (κ3) is 3.81. The van der Waals surface area contributed by atoms with Crippen molar-refractivity contribution in [3.63, 3.8) is 0 Å². The Bertz CT molecular complexity index is 1160. The molecule has 0 saturated heterocycles. The highest BCUT2D eigenvalue weighted by atomic mass is 35.5. The average Bonchev–Trinajstić information content (AvgIpc) is 3.10. The number of aliphatic imine (C=N–C) groups is 1. The number of oxazole rings is 1. The molecule has 0 saturated carbocycles. The smallest absolute Gasteiger partial charge is 0.230 e. The fourth-order valence-corrected chi connectivity index (χ4v) is 2.83. The van der Waals surface area contributed by atoms with Crippen molar-refractivity contribution in [3.05, 3.63) is 89.2 Å². The van der Waals surface area contributed by atoms with Crippen LogP contribution >= 0.6 is 11.6 Å². The van der Waals surface area contributed by atoms with E-state index in [1.807, 2.05) is 42.5 Å². The van der Waals surface area contributed by atoms with Gasteiger partial charge in [-0.05, 0) is 48.0 Å². The predicted octanol–water partition coefficient (Wildman–Crippen LogP) is 6.70. The zero-order valence-corrected chi connectivity index (χ0v) is 14.9. The maximum absolute atomic E-state index is 13.9. The molecule has 0 N–H and O–H groups in total. The molecule has 3 nitrogen and oxygen atoms in total. The van der Waals surface area contributed by atoms with Crippen LogP contribution in [0.15, 0.2) is 82.2 Å². The van der Waals surface area contributed by atoms with Crippen molar-refractivity contribution < 1.29 is 8.81 Å². The van der Waals surface area contributed by atoms with E-state index in [4.69, 9.17) is 16.0 Å². The number of nitrogens with zero attached hydrogens (tertiary/aromatic N) is 2. The summed E-state index contributed by atoms with van der Waals surface area (Å²) in [5, 5.41) is 0.687. The van der Waals surface area contributed by atoms with E-state index < -0.39 is 0 Å². The summed E-state index contributed by atoms with van der Waals surface area (Å²) in [4.78, 5) is 8.77. The Hall–Kier alpha value is -3.24. The lowest BCUT2D eigenvalue weighted by molar-refractivity contribution is 0.593. The highest BCUT2D eigenvalue weighted by Crippen LogP contribution is 2.28. The van der Waals surface area contributed by atoms with Gasteiger partial charge in [-0.2, -0.15) is 0 Å². The molecule has 0 bridgehead atoms. The summed E-state index contributed by atoms with van der Waals surface area (Å²) >= 11 is 6.11. The molecule has 0 aliphatic rings. The van der Waals surface area contributed by atoms with Crippen LogP contribution in [0.2, 0.25) is 5.02 Å². The van der Waals surface area contributed by atoms with Gasteiger partial charge in [-0.3, -0.25) is 4.99 Å². The van der Waals surface area contributed by atoms with Crippen molar-refractivity contribution >= 4 is 40.7 Å². The Morgan fingerprint density at radius 3 is 2.67 bits per heavy atom. The predicted molar refractivity (Wildman–Crippen MR) is 108 cm³/mol. The van der Waals surface area contributed by atoms with Gasteiger partial charge in [0.15, 0.2) is 5.58 Å². The largest absolute Gasteiger partial charge is 0.436 e. The molecule has 132 valence electrons. The molecule has 0 unspecified atom stereocenters. The van der Waals surface area contributed by atoms with Gasteiger partial charge < -0.3 is 4.42 Å². The molecule has 0 aliphatic carbocycles. The summed E-state index contributed by atoms with van der Waals surface area (Å²) in [6.07, 6.45) is 5.39. The van der Waals surface area contributed by atoms with Gasteiger partial charge in [-0.25, -0.2) is 9.37 Å². The average molecular weight is 377 g/mol. The number of halogens is 2. The fraction of sp³-hybridized carbons (Fsp3) is 0. The van der Waals surface area contributed by atoms with E-state index in [0.717, 1.165) is 11.3 Å². The van der Waals surface area contributed by atoms with E-state index in [1.54, 1.807) is 36.5 Å². The third-order valence-electron chi connectivity index (χ3n) is 3.97. The van der Waals surface area contributed by atoms with Crippen molar-refractivity contribution in [2.75, 3.05) is 0 Å². The third-order valence-corrected chi connectivity index (χ3v) is 4.31. The fourth-order valence-electron chi connectivity index (χ4n) is 2.63. The van der Waals surface area contributed by atoms with Crippen molar-refractivity contribution in [2.24, 2.45) is 4.99 Å². The van der Waals surface area contributed by atoms with Gasteiger partial charge in [0.25, 0.3) is 0 Å². The highest BCUT2D eigenvalue weighted by Gasteiger charge is 2.12. The number of fused-ring (bicyclic) bond motifs is 1. The normalized spacial score (nSPS) is 11.8. The van der Waals surface area contributed by atoms with E-state index in [1.165, 1.54) is 6.07 Å². The topological polar surface area (TPSA) is 38.4 Å². The second kappa shape index (κ2) is 7.56. The number of hydrogen-bond donors (Lipinski definition) is 0. The van der Waals surface area contributed by atoms with Crippen LogP contribution in [0, 0.1) is 5.82 Å². The van der Waals surface area contributed by atoms with Crippen LogP contribution in [-0.4, -0.2) is 11.2 Å². The Morgan fingerprint density at radius 1 is 1.00 bits per heavy atom. The van der Waals surface area contributed by atoms with Gasteiger partial charge in [-0.15, -0.1) is 0 Å². The number of allylic oxidation sites excluding steroid dienone is 1. The quantitative estimate of drug-likeness (QED) is 0.371.